The van der Waals surface area contributed by atoms with Gasteiger partial charge in [-0.25, -0.2) is 9.18 Å². The van der Waals surface area contributed by atoms with Crippen molar-refractivity contribution in [1.82, 2.24) is 5.32 Å². The lowest BCUT2D eigenvalue weighted by Crippen LogP contribution is -2.33. The number of halogens is 1. The molecule has 6 nitrogen and oxygen atoms in total. The van der Waals surface area contributed by atoms with Gasteiger partial charge in [0, 0.05) is 13.0 Å². The van der Waals surface area contributed by atoms with Crippen molar-refractivity contribution in [3.05, 3.63) is 24.0 Å². The highest BCUT2D eigenvalue weighted by Crippen LogP contribution is 2.27. The Morgan fingerprint density at radius 2 is 2.32 bits per heavy atom. The maximum atomic E-state index is 13.9. The van der Waals surface area contributed by atoms with E-state index >= 15 is 0 Å². The highest BCUT2D eigenvalue weighted by molar-refractivity contribution is 5.89. The zero-order valence-corrected chi connectivity index (χ0v) is 12.6. The molecule has 1 saturated heterocycles. The van der Waals surface area contributed by atoms with Crippen molar-refractivity contribution in [3.63, 3.8) is 0 Å². The van der Waals surface area contributed by atoms with Gasteiger partial charge in [0.1, 0.15) is 6.10 Å². The van der Waals surface area contributed by atoms with E-state index in [9.17, 15) is 14.0 Å². The van der Waals surface area contributed by atoms with Gasteiger partial charge in [0.15, 0.2) is 11.6 Å². The number of carbonyl (C=O) groups excluding carboxylic acids is 2. The van der Waals surface area contributed by atoms with E-state index in [1.54, 1.807) is 6.07 Å². The molecule has 0 bridgehead atoms. The average molecular weight is 310 g/mol. The van der Waals surface area contributed by atoms with Crippen LogP contribution in [0.5, 0.6) is 5.75 Å². The molecular weight excluding hydrogens is 291 g/mol. The van der Waals surface area contributed by atoms with Crippen molar-refractivity contribution in [2.75, 3.05) is 24.6 Å². The molecule has 22 heavy (non-hydrogen) atoms. The number of carbonyl (C=O) groups is 2. The van der Waals surface area contributed by atoms with Crippen LogP contribution in [-0.2, 0) is 9.53 Å². The number of cyclic esters (lactones) is 1. The molecule has 0 aromatic heterocycles. The summed E-state index contributed by atoms with van der Waals surface area (Å²) in [5.41, 5.74) is 0.400. The number of ether oxygens (including phenoxy) is 2. The number of nitrogens with one attached hydrogen (secondary N) is 1. The second-order valence-corrected chi connectivity index (χ2v) is 5.02. The van der Waals surface area contributed by atoms with Gasteiger partial charge < -0.3 is 14.8 Å². The summed E-state index contributed by atoms with van der Waals surface area (Å²) in [4.78, 5) is 24.0. The molecule has 1 aliphatic heterocycles. The van der Waals surface area contributed by atoms with Gasteiger partial charge in [0.2, 0.25) is 5.91 Å². The molecule has 0 spiro atoms. The van der Waals surface area contributed by atoms with E-state index in [0.717, 1.165) is 6.42 Å². The SMILES string of the molecule is CCCOc1ccc(N2CC(CNC(C)=O)OC2=O)cc1F. The normalized spacial score (nSPS) is 17.3. The Bertz CT molecular complexity index is 564. The van der Waals surface area contributed by atoms with Crippen LogP contribution in [0.4, 0.5) is 14.9 Å². The Balaban J connectivity index is 2.03. The Morgan fingerprint density at radius 3 is 2.95 bits per heavy atom. The quantitative estimate of drug-likeness (QED) is 0.873. The minimum atomic E-state index is -0.558. The molecule has 0 radical (unpaired) electrons. The fraction of sp³-hybridized carbons (Fsp3) is 0.467. The molecule has 2 amide bonds. The fourth-order valence-corrected chi connectivity index (χ4v) is 2.08. The highest BCUT2D eigenvalue weighted by Gasteiger charge is 2.32. The molecule has 0 aliphatic carbocycles. The number of amides is 2. The van der Waals surface area contributed by atoms with Crippen LogP contribution in [0.2, 0.25) is 0 Å². The third-order valence-corrected chi connectivity index (χ3v) is 3.14. The molecule has 1 unspecified atom stereocenters. The largest absolute Gasteiger partial charge is 0.491 e. The van der Waals surface area contributed by atoms with E-state index in [0.29, 0.717) is 12.3 Å². The number of rotatable bonds is 6. The van der Waals surface area contributed by atoms with Crippen molar-refractivity contribution >= 4 is 17.7 Å². The molecule has 1 fully saturated rings. The summed E-state index contributed by atoms with van der Waals surface area (Å²) in [6, 6.07) is 4.35. The zero-order valence-electron chi connectivity index (χ0n) is 12.6. The third kappa shape index (κ3) is 3.87. The lowest BCUT2D eigenvalue weighted by molar-refractivity contribution is -0.119. The summed E-state index contributed by atoms with van der Waals surface area (Å²) in [5, 5.41) is 2.59. The molecule has 120 valence electrons. The zero-order chi connectivity index (χ0) is 16.1. The molecule has 1 aromatic carbocycles. The third-order valence-electron chi connectivity index (χ3n) is 3.14. The predicted octanol–water partition coefficient (Wildman–Crippen LogP) is 2.08. The first kappa shape index (κ1) is 16.1. The van der Waals surface area contributed by atoms with Gasteiger partial charge in [-0.1, -0.05) is 6.92 Å². The minimum absolute atomic E-state index is 0.160. The minimum Gasteiger partial charge on any atom is -0.491 e. The lowest BCUT2D eigenvalue weighted by Gasteiger charge is -2.14. The molecule has 2 rings (SSSR count). The Hall–Kier alpha value is -2.31. The van der Waals surface area contributed by atoms with Gasteiger partial charge in [-0.05, 0) is 18.6 Å². The number of hydrogen-bond donors (Lipinski definition) is 1. The summed E-state index contributed by atoms with van der Waals surface area (Å²) in [5.74, 6) is -0.560. The van der Waals surface area contributed by atoms with E-state index in [4.69, 9.17) is 9.47 Å². The van der Waals surface area contributed by atoms with Crippen molar-refractivity contribution < 1.29 is 23.5 Å². The first-order chi connectivity index (χ1) is 10.5. The predicted molar refractivity (Wildman–Crippen MR) is 78.5 cm³/mol. The van der Waals surface area contributed by atoms with E-state index in [1.807, 2.05) is 6.92 Å². The topological polar surface area (TPSA) is 67.9 Å². The van der Waals surface area contributed by atoms with Gasteiger partial charge in [0.05, 0.1) is 25.4 Å². The first-order valence-corrected chi connectivity index (χ1v) is 7.16. The number of benzene rings is 1. The molecule has 7 heteroatoms. The number of anilines is 1. The van der Waals surface area contributed by atoms with Gasteiger partial charge in [-0.2, -0.15) is 0 Å². The summed E-state index contributed by atoms with van der Waals surface area (Å²) in [7, 11) is 0. The van der Waals surface area contributed by atoms with Crippen LogP contribution >= 0.6 is 0 Å². The average Bonchev–Trinajstić information content (AvgIpc) is 2.85. The molecule has 1 heterocycles. The van der Waals surface area contributed by atoms with Gasteiger partial charge in [-0.15, -0.1) is 0 Å². The van der Waals surface area contributed by atoms with E-state index in [2.05, 4.69) is 5.32 Å². The van der Waals surface area contributed by atoms with E-state index < -0.39 is 18.0 Å². The first-order valence-electron chi connectivity index (χ1n) is 7.16. The number of nitrogens with zero attached hydrogens (tertiary/aromatic N) is 1. The van der Waals surface area contributed by atoms with Crippen LogP contribution in [0.3, 0.4) is 0 Å². The van der Waals surface area contributed by atoms with Crippen LogP contribution in [-0.4, -0.2) is 37.8 Å². The van der Waals surface area contributed by atoms with Crippen molar-refractivity contribution in [2.45, 2.75) is 26.4 Å². The second kappa shape index (κ2) is 7.11. The van der Waals surface area contributed by atoms with Gasteiger partial charge in [-0.3, -0.25) is 9.69 Å². The monoisotopic (exact) mass is 310 g/mol. The van der Waals surface area contributed by atoms with Crippen LogP contribution in [0, 0.1) is 5.82 Å². The smallest absolute Gasteiger partial charge is 0.414 e. The maximum absolute atomic E-state index is 13.9. The Labute approximate surface area is 128 Å². The number of hydrogen-bond acceptors (Lipinski definition) is 4. The standard InChI is InChI=1S/C15H19FN2O4/c1-3-6-21-14-5-4-11(7-13(14)16)18-9-12(22-15(18)20)8-17-10(2)19/h4-5,7,12H,3,6,8-9H2,1-2H3,(H,17,19). The van der Waals surface area contributed by atoms with Crippen molar-refractivity contribution in [3.8, 4) is 5.75 Å². The van der Waals surface area contributed by atoms with E-state index in [1.165, 1.54) is 24.0 Å². The highest BCUT2D eigenvalue weighted by atomic mass is 19.1. The van der Waals surface area contributed by atoms with Crippen LogP contribution in [0.15, 0.2) is 18.2 Å². The molecule has 1 aliphatic rings. The van der Waals surface area contributed by atoms with Crippen molar-refractivity contribution in [2.24, 2.45) is 0 Å². The summed E-state index contributed by atoms with van der Waals surface area (Å²) < 4.78 is 24.3. The van der Waals surface area contributed by atoms with Crippen LogP contribution < -0.4 is 15.0 Å². The molecule has 1 atom stereocenters. The molecular formula is C15H19FN2O4. The van der Waals surface area contributed by atoms with Crippen LogP contribution in [0.25, 0.3) is 0 Å². The van der Waals surface area contributed by atoms with E-state index in [-0.39, 0.29) is 24.7 Å². The Kier molecular flexibility index (Phi) is 5.19. The van der Waals surface area contributed by atoms with Crippen molar-refractivity contribution in [1.29, 1.82) is 0 Å². The van der Waals surface area contributed by atoms with Crippen LogP contribution in [0.1, 0.15) is 20.3 Å². The molecule has 1 aromatic rings. The fourth-order valence-electron chi connectivity index (χ4n) is 2.08. The summed E-state index contributed by atoms with van der Waals surface area (Å²) >= 11 is 0. The summed E-state index contributed by atoms with van der Waals surface area (Å²) in [6.45, 7) is 4.24. The van der Waals surface area contributed by atoms with Gasteiger partial charge >= 0.3 is 6.09 Å². The molecule has 1 N–H and O–H groups in total. The summed E-state index contributed by atoms with van der Waals surface area (Å²) in [6.07, 6.45) is -0.225. The maximum Gasteiger partial charge on any atom is 0.414 e. The lowest BCUT2D eigenvalue weighted by atomic mass is 10.2. The molecule has 0 saturated carbocycles. The Morgan fingerprint density at radius 1 is 1.55 bits per heavy atom. The second-order valence-electron chi connectivity index (χ2n) is 5.02. The van der Waals surface area contributed by atoms with Gasteiger partial charge in [0.25, 0.3) is 0 Å².